The van der Waals surface area contributed by atoms with Gasteiger partial charge in [0.05, 0.1) is 18.4 Å². The Morgan fingerprint density at radius 2 is 2.05 bits per heavy atom. The van der Waals surface area contributed by atoms with Gasteiger partial charge in [-0.3, -0.25) is 9.59 Å². The van der Waals surface area contributed by atoms with Crippen molar-refractivity contribution >= 4 is 17.6 Å². The van der Waals surface area contributed by atoms with Crippen LogP contribution in [0.2, 0.25) is 0 Å². The van der Waals surface area contributed by atoms with E-state index in [1.807, 2.05) is 37.3 Å². The van der Waals surface area contributed by atoms with E-state index in [2.05, 4.69) is 0 Å². The van der Waals surface area contributed by atoms with Gasteiger partial charge in [-0.2, -0.15) is 0 Å². The Bertz CT molecular complexity index is 474. The van der Waals surface area contributed by atoms with Crippen LogP contribution in [0.3, 0.4) is 0 Å². The molecule has 1 amide bonds. The number of ether oxygens (including phenoxy) is 1. The fourth-order valence-electron chi connectivity index (χ4n) is 2.44. The normalized spacial score (nSPS) is 21.6. The van der Waals surface area contributed by atoms with E-state index in [0.29, 0.717) is 13.0 Å². The molecule has 1 heterocycles. The largest absolute Gasteiger partial charge is 0.481 e. The SMILES string of the molecule is CC1OCCC1C(=O)N(CCC(=O)O)c1ccccc1. The van der Waals surface area contributed by atoms with Gasteiger partial charge in [0, 0.05) is 18.8 Å². The number of nitrogens with zero attached hydrogens (tertiary/aromatic N) is 1. The van der Waals surface area contributed by atoms with E-state index in [4.69, 9.17) is 9.84 Å². The first-order chi connectivity index (χ1) is 9.59. The molecule has 1 aromatic carbocycles. The number of carboxylic acids is 1. The van der Waals surface area contributed by atoms with Gasteiger partial charge in [-0.25, -0.2) is 0 Å². The van der Waals surface area contributed by atoms with Crippen LogP contribution >= 0.6 is 0 Å². The second-order valence-electron chi connectivity index (χ2n) is 4.94. The summed E-state index contributed by atoms with van der Waals surface area (Å²) < 4.78 is 5.43. The lowest BCUT2D eigenvalue weighted by molar-refractivity contribution is -0.136. The highest BCUT2D eigenvalue weighted by Crippen LogP contribution is 2.25. The summed E-state index contributed by atoms with van der Waals surface area (Å²) in [4.78, 5) is 25.0. The molecule has 2 unspecified atom stereocenters. The number of para-hydroxylation sites is 1. The fraction of sp³-hybridized carbons (Fsp3) is 0.467. The summed E-state index contributed by atoms with van der Waals surface area (Å²) in [5.41, 5.74) is 0.734. The van der Waals surface area contributed by atoms with E-state index in [1.54, 1.807) is 4.90 Å². The molecular weight excluding hydrogens is 258 g/mol. The number of carbonyl (C=O) groups excluding carboxylic acids is 1. The standard InChI is InChI=1S/C15H19NO4/c1-11-13(8-10-20-11)15(19)16(9-7-14(17)18)12-5-3-2-4-6-12/h2-6,11,13H,7-10H2,1H3,(H,17,18). The maximum absolute atomic E-state index is 12.6. The molecule has 1 fully saturated rings. The average Bonchev–Trinajstić information content (AvgIpc) is 2.86. The number of carboxylic acid groups (broad SMARTS) is 1. The first-order valence-corrected chi connectivity index (χ1v) is 6.79. The molecule has 2 rings (SSSR count). The number of amides is 1. The molecule has 1 saturated heterocycles. The predicted octanol–water partition coefficient (Wildman–Crippen LogP) is 1.92. The third-order valence-electron chi connectivity index (χ3n) is 3.58. The lowest BCUT2D eigenvalue weighted by Gasteiger charge is -2.26. The number of hydrogen-bond donors (Lipinski definition) is 1. The van der Waals surface area contributed by atoms with Gasteiger partial charge < -0.3 is 14.7 Å². The molecule has 0 spiro atoms. The average molecular weight is 277 g/mol. The van der Waals surface area contributed by atoms with Crippen LogP contribution in [0.15, 0.2) is 30.3 Å². The molecule has 5 nitrogen and oxygen atoms in total. The summed E-state index contributed by atoms with van der Waals surface area (Å²) in [7, 11) is 0. The fourth-order valence-corrected chi connectivity index (χ4v) is 2.44. The topological polar surface area (TPSA) is 66.8 Å². The molecule has 20 heavy (non-hydrogen) atoms. The molecule has 108 valence electrons. The van der Waals surface area contributed by atoms with Gasteiger partial charge in [0.15, 0.2) is 0 Å². The molecule has 5 heteroatoms. The number of aliphatic carboxylic acids is 1. The lowest BCUT2D eigenvalue weighted by atomic mass is 10.0. The van der Waals surface area contributed by atoms with Crippen LogP contribution in [0.25, 0.3) is 0 Å². The third-order valence-corrected chi connectivity index (χ3v) is 3.58. The Balaban J connectivity index is 2.17. The Hall–Kier alpha value is -1.88. The highest BCUT2D eigenvalue weighted by Gasteiger charge is 2.34. The summed E-state index contributed by atoms with van der Waals surface area (Å²) in [5.74, 6) is -1.15. The lowest BCUT2D eigenvalue weighted by Crippen LogP contribution is -2.40. The number of benzene rings is 1. The summed E-state index contributed by atoms with van der Waals surface area (Å²) in [6.45, 7) is 2.65. The Labute approximate surface area is 118 Å². The van der Waals surface area contributed by atoms with Crippen molar-refractivity contribution < 1.29 is 19.4 Å². The van der Waals surface area contributed by atoms with Crippen molar-refractivity contribution in [2.24, 2.45) is 5.92 Å². The van der Waals surface area contributed by atoms with Gasteiger partial charge in [-0.1, -0.05) is 18.2 Å². The zero-order valence-corrected chi connectivity index (χ0v) is 11.5. The molecule has 0 aromatic heterocycles. The van der Waals surface area contributed by atoms with Crippen LogP contribution in [0.5, 0.6) is 0 Å². The number of anilines is 1. The van der Waals surface area contributed by atoms with E-state index in [0.717, 1.165) is 5.69 Å². The van der Waals surface area contributed by atoms with Gasteiger partial charge in [0.1, 0.15) is 0 Å². The van der Waals surface area contributed by atoms with Crippen LogP contribution < -0.4 is 4.90 Å². The van der Waals surface area contributed by atoms with Gasteiger partial charge in [-0.15, -0.1) is 0 Å². The number of rotatable bonds is 5. The van der Waals surface area contributed by atoms with Crippen molar-refractivity contribution in [1.29, 1.82) is 0 Å². The van der Waals surface area contributed by atoms with Crippen LogP contribution in [-0.4, -0.2) is 36.2 Å². The van der Waals surface area contributed by atoms with E-state index >= 15 is 0 Å². The summed E-state index contributed by atoms with van der Waals surface area (Å²) in [5, 5.41) is 8.85. The summed E-state index contributed by atoms with van der Waals surface area (Å²) in [6, 6.07) is 9.18. The van der Waals surface area contributed by atoms with Crippen LogP contribution in [0, 0.1) is 5.92 Å². The number of hydrogen-bond acceptors (Lipinski definition) is 3. The van der Waals surface area contributed by atoms with Gasteiger partial charge >= 0.3 is 5.97 Å². The molecule has 0 radical (unpaired) electrons. The van der Waals surface area contributed by atoms with Gasteiger partial charge in [0.2, 0.25) is 5.91 Å². The van der Waals surface area contributed by atoms with Crippen molar-refractivity contribution in [2.75, 3.05) is 18.1 Å². The quantitative estimate of drug-likeness (QED) is 0.893. The zero-order valence-electron chi connectivity index (χ0n) is 11.5. The minimum atomic E-state index is -0.908. The Morgan fingerprint density at radius 1 is 1.35 bits per heavy atom. The molecule has 1 aliphatic heterocycles. The van der Waals surface area contributed by atoms with Crippen LogP contribution in [0.4, 0.5) is 5.69 Å². The van der Waals surface area contributed by atoms with Crippen molar-refractivity contribution in [3.05, 3.63) is 30.3 Å². The molecule has 1 aromatic rings. The Kier molecular flexibility index (Phi) is 4.74. The second-order valence-corrected chi connectivity index (χ2v) is 4.94. The van der Waals surface area contributed by atoms with Crippen molar-refractivity contribution in [2.45, 2.75) is 25.9 Å². The van der Waals surface area contributed by atoms with E-state index in [9.17, 15) is 9.59 Å². The Morgan fingerprint density at radius 3 is 2.60 bits per heavy atom. The molecule has 1 aliphatic rings. The first-order valence-electron chi connectivity index (χ1n) is 6.79. The van der Waals surface area contributed by atoms with Crippen LogP contribution in [-0.2, 0) is 14.3 Å². The van der Waals surface area contributed by atoms with E-state index < -0.39 is 5.97 Å². The van der Waals surface area contributed by atoms with Crippen molar-refractivity contribution in [3.8, 4) is 0 Å². The highest BCUT2D eigenvalue weighted by atomic mass is 16.5. The maximum atomic E-state index is 12.6. The maximum Gasteiger partial charge on any atom is 0.305 e. The molecule has 0 bridgehead atoms. The molecular formula is C15H19NO4. The van der Waals surface area contributed by atoms with E-state index in [1.165, 1.54) is 0 Å². The third kappa shape index (κ3) is 3.36. The highest BCUT2D eigenvalue weighted by molar-refractivity contribution is 5.96. The van der Waals surface area contributed by atoms with E-state index in [-0.39, 0.29) is 30.9 Å². The van der Waals surface area contributed by atoms with Crippen molar-refractivity contribution in [3.63, 3.8) is 0 Å². The monoisotopic (exact) mass is 277 g/mol. The first kappa shape index (κ1) is 14.5. The minimum absolute atomic E-state index is 0.0533. The predicted molar refractivity (Wildman–Crippen MR) is 74.6 cm³/mol. The van der Waals surface area contributed by atoms with Crippen molar-refractivity contribution in [1.82, 2.24) is 0 Å². The molecule has 2 atom stereocenters. The minimum Gasteiger partial charge on any atom is -0.481 e. The molecule has 0 aliphatic carbocycles. The smallest absolute Gasteiger partial charge is 0.305 e. The molecule has 1 N–H and O–H groups in total. The number of carbonyl (C=O) groups is 2. The summed E-state index contributed by atoms with van der Waals surface area (Å²) in [6.07, 6.45) is 0.512. The molecule has 0 saturated carbocycles. The summed E-state index contributed by atoms with van der Waals surface area (Å²) >= 11 is 0. The second kappa shape index (κ2) is 6.52. The zero-order chi connectivity index (χ0) is 14.5. The van der Waals surface area contributed by atoms with Crippen LogP contribution in [0.1, 0.15) is 19.8 Å². The van der Waals surface area contributed by atoms with Gasteiger partial charge in [-0.05, 0) is 25.5 Å². The van der Waals surface area contributed by atoms with Gasteiger partial charge in [0.25, 0.3) is 0 Å².